The first-order chi connectivity index (χ1) is 12.0. The maximum absolute atomic E-state index is 11.0. The number of rotatable bonds is 19. The second-order valence-corrected chi connectivity index (χ2v) is 8.58. The Morgan fingerprint density at radius 2 is 1.00 bits per heavy atom. The molecule has 0 aliphatic heterocycles. The second kappa shape index (κ2) is 17.5. The summed E-state index contributed by atoms with van der Waals surface area (Å²) in [5.41, 5.74) is 0. The molecule has 25 heavy (non-hydrogen) atoms. The molecule has 0 spiro atoms. The standard InChI is InChI=1S/C20H43O4P/c1-3-5-7-8-9-10-11-12-13-14-15-16-17-19-20(18-6-4-2)24-25(21,22)23/h20H,3-19H2,1-2H3,(H2,21,22,23). The summed E-state index contributed by atoms with van der Waals surface area (Å²) >= 11 is 0. The van der Waals surface area contributed by atoms with E-state index in [0.29, 0.717) is 0 Å². The quantitative estimate of drug-likeness (QED) is 0.185. The van der Waals surface area contributed by atoms with Gasteiger partial charge in [0, 0.05) is 0 Å². The van der Waals surface area contributed by atoms with E-state index in [1.165, 1.54) is 70.6 Å². The van der Waals surface area contributed by atoms with Crippen LogP contribution in [0.4, 0.5) is 0 Å². The van der Waals surface area contributed by atoms with Crippen LogP contribution in [0, 0.1) is 0 Å². The molecule has 0 saturated carbocycles. The molecule has 1 unspecified atom stereocenters. The minimum absolute atomic E-state index is 0.284. The number of hydrogen-bond donors (Lipinski definition) is 2. The Balaban J connectivity index is 3.46. The molecule has 0 heterocycles. The van der Waals surface area contributed by atoms with Crippen molar-refractivity contribution in [2.45, 2.75) is 129 Å². The molecular formula is C20H43O4P. The van der Waals surface area contributed by atoms with Gasteiger partial charge >= 0.3 is 7.82 Å². The monoisotopic (exact) mass is 378 g/mol. The summed E-state index contributed by atoms with van der Waals surface area (Å²) < 4.78 is 15.9. The lowest BCUT2D eigenvalue weighted by atomic mass is 10.0. The molecule has 0 aromatic heterocycles. The Bertz CT molecular complexity index is 317. The van der Waals surface area contributed by atoms with Crippen LogP contribution in [0.2, 0.25) is 0 Å². The minimum Gasteiger partial charge on any atom is -0.303 e. The average Bonchev–Trinajstić information content (AvgIpc) is 2.55. The largest absolute Gasteiger partial charge is 0.469 e. The molecule has 0 aliphatic carbocycles. The maximum Gasteiger partial charge on any atom is 0.469 e. The predicted molar refractivity (Wildman–Crippen MR) is 107 cm³/mol. The highest BCUT2D eigenvalue weighted by Gasteiger charge is 2.21. The second-order valence-electron chi connectivity index (χ2n) is 7.39. The highest BCUT2D eigenvalue weighted by Crippen LogP contribution is 2.39. The highest BCUT2D eigenvalue weighted by molar-refractivity contribution is 7.46. The molecule has 2 N–H and O–H groups in total. The van der Waals surface area contributed by atoms with Crippen LogP contribution in [0.25, 0.3) is 0 Å². The summed E-state index contributed by atoms with van der Waals surface area (Å²) in [7, 11) is -4.35. The van der Waals surface area contributed by atoms with Crippen LogP contribution in [0.5, 0.6) is 0 Å². The summed E-state index contributed by atoms with van der Waals surface area (Å²) in [6.45, 7) is 4.34. The first kappa shape index (κ1) is 25.1. The minimum atomic E-state index is -4.35. The lowest BCUT2D eigenvalue weighted by Gasteiger charge is -2.17. The summed E-state index contributed by atoms with van der Waals surface area (Å²) in [5.74, 6) is 0. The third kappa shape index (κ3) is 20.3. The SMILES string of the molecule is CCCCCCCCCCCCCCCC(CCCC)OP(=O)(O)O. The Morgan fingerprint density at radius 1 is 0.640 bits per heavy atom. The van der Waals surface area contributed by atoms with Crippen molar-refractivity contribution in [1.29, 1.82) is 0 Å². The summed E-state index contributed by atoms with van der Waals surface area (Å²) in [6, 6.07) is 0. The van der Waals surface area contributed by atoms with E-state index < -0.39 is 7.82 Å². The van der Waals surface area contributed by atoms with Gasteiger partial charge in [-0.05, 0) is 12.8 Å². The fourth-order valence-corrected chi connectivity index (χ4v) is 3.86. The zero-order valence-corrected chi connectivity index (χ0v) is 17.7. The molecule has 0 amide bonds. The molecular weight excluding hydrogens is 335 g/mol. The van der Waals surface area contributed by atoms with Crippen LogP contribution in [0.1, 0.15) is 123 Å². The maximum atomic E-state index is 11.0. The number of phosphoric acid groups is 1. The van der Waals surface area contributed by atoms with Gasteiger partial charge in [-0.3, -0.25) is 4.52 Å². The molecule has 0 aliphatic rings. The van der Waals surface area contributed by atoms with Crippen molar-refractivity contribution in [3.05, 3.63) is 0 Å². The van der Waals surface area contributed by atoms with E-state index in [1.807, 2.05) is 0 Å². The van der Waals surface area contributed by atoms with Crippen LogP contribution in [-0.2, 0) is 9.09 Å². The van der Waals surface area contributed by atoms with Crippen LogP contribution < -0.4 is 0 Å². The molecule has 0 rings (SSSR count). The van der Waals surface area contributed by atoms with Gasteiger partial charge in [0.15, 0.2) is 0 Å². The van der Waals surface area contributed by atoms with E-state index in [9.17, 15) is 4.57 Å². The van der Waals surface area contributed by atoms with E-state index in [2.05, 4.69) is 13.8 Å². The van der Waals surface area contributed by atoms with E-state index >= 15 is 0 Å². The molecule has 0 saturated heterocycles. The van der Waals surface area contributed by atoms with Crippen molar-refractivity contribution in [1.82, 2.24) is 0 Å². The summed E-state index contributed by atoms with van der Waals surface area (Å²) in [5, 5.41) is 0. The molecule has 0 aromatic carbocycles. The van der Waals surface area contributed by atoms with Crippen molar-refractivity contribution >= 4 is 7.82 Å². The van der Waals surface area contributed by atoms with E-state index in [4.69, 9.17) is 14.3 Å². The Morgan fingerprint density at radius 3 is 1.40 bits per heavy atom. The van der Waals surface area contributed by atoms with Crippen LogP contribution in [0.15, 0.2) is 0 Å². The van der Waals surface area contributed by atoms with Crippen molar-refractivity contribution in [2.24, 2.45) is 0 Å². The van der Waals surface area contributed by atoms with Crippen LogP contribution >= 0.6 is 7.82 Å². The van der Waals surface area contributed by atoms with Gasteiger partial charge in [-0.25, -0.2) is 4.57 Å². The third-order valence-electron chi connectivity index (χ3n) is 4.80. The van der Waals surface area contributed by atoms with Gasteiger partial charge in [-0.15, -0.1) is 0 Å². The fourth-order valence-electron chi connectivity index (χ4n) is 3.27. The molecule has 5 heteroatoms. The zero-order chi connectivity index (χ0) is 18.8. The Labute approximate surface area is 156 Å². The van der Waals surface area contributed by atoms with Gasteiger partial charge in [-0.1, -0.05) is 110 Å². The van der Waals surface area contributed by atoms with E-state index in [-0.39, 0.29) is 6.10 Å². The van der Waals surface area contributed by atoms with Gasteiger partial charge in [0.2, 0.25) is 0 Å². The summed E-state index contributed by atoms with van der Waals surface area (Å²) in [6.07, 6.45) is 20.3. The number of unbranched alkanes of at least 4 members (excludes halogenated alkanes) is 13. The van der Waals surface area contributed by atoms with Crippen molar-refractivity contribution in [2.75, 3.05) is 0 Å². The van der Waals surface area contributed by atoms with Crippen LogP contribution in [-0.4, -0.2) is 15.9 Å². The fraction of sp³-hybridized carbons (Fsp3) is 1.00. The molecule has 152 valence electrons. The first-order valence-electron chi connectivity index (χ1n) is 10.7. The first-order valence-corrected chi connectivity index (χ1v) is 12.3. The molecule has 0 radical (unpaired) electrons. The average molecular weight is 379 g/mol. The highest BCUT2D eigenvalue weighted by atomic mass is 31.2. The topological polar surface area (TPSA) is 66.8 Å². The van der Waals surface area contributed by atoms with Gasteiger partial charge in [0.1, 0.15) is 0 Å². The van der Waals surface area contributed by atoms with Crippen molar-refractivity contribution in [3.63, 3.8) is 0 Å². The smallest absolute Gasteiger partial charge is 0.303 e. The molecule has 1 atom stereocenters. The van der Waals surface area contributed by atoms with Gasteiger partial charge in [0.05, 0.1) is 6.10 Å². The molecule has 0 aromatic rings. The zero-order valence-electron chi connectivity index (χ0n) is 16.8. The van der Waals surface area contributed by atoms with Gasteiger partial charge in [0.25, 0.3) is 0 Å². The van der Waals surface area contributed by atoms with Gasteiger partial charge in [-0.2, -0.15) is 0 Å². The lowest BCUT2D eigenvalue weighted by molar-refractivity contribution is 0.116. The lowest BCUT2D eigenvalue weighted by Crippen LogP contribution is -2.11. The predicted octanol–water partition coefficient (Wildman–Crippen LogP) is 7.14. The Kier molecular flexibility index (Phi) is 17.6. The number of hydrogen-bond acceptors (Lipinski definition) is 2. The molecule has 0 fully saturated rings. The van der Waals surface area contributed by atoms with E-state index in [1.54, 1.807) is 0 Å². The molecule has 4 nitrogen and oxygen atoms in total. The van der Waals surface area contributed by atoms with Gasteiger partial charge < -0.3 is 9.79 Å². The summed E-state index contributed by atoms with van der Waals surface area (Å²) in [4.78, 5) is 18.0. The van der Waals surface area contributed by atoms with Crippen molar-refractivity contribution < 1.29 is 18.9 Å². The normalized spacial score (nSPS) is 13.3. The van der Waals surface area contributed by atoms with Crippen molar-refractivity contribution in [3.8, 4) is 0 Å². The number of phosphoric ester groups is 1. The Hall–Kier alpha value is 0.110. The van der Waals surface area contributed by atoms with Crippen LogP contribution in [0.3, 0.4) is 0 Å². The van der Waals surface area contributed by atoms with E-state index in [0.717, 1.165) is 38.5 Å². The molecule has 0 bridgehead atoms. The third-order valence-corrected chi connectivity index (χ3v) is 5.37.